The molecule has 1 aliphatic heterocycles. The van der Waals surface area contributed by atoms with Gasteiger partial charge in [0.1, 0.15) is 27.4 Å². The smallest absolute Gasteiger partial charge is 0.420 e. The van der Waals surface area contributed by atoms with Crippen LogP contribution in [0.15, 0.2) is 27.3 Å². The Morgan fingerprint density at radius 2 is 1.83 bits per heavy atom. The molecule has 3 aromatic heterocycles. The van der Waals surface area contributed by atoms with Crippen molar-refractivity contribution >= 4 is 33.1 Å². The van der Waals surface area contributed by atoms with Gasteiger partial charge in [-0.2, -0.15) is 0 Å². The number of aryl methyl sites for hydroxylation is 3. The number of aliphatic hydroxyl groups is 1. The molecule has 2 aliphatic rings. The Labute approximate surface area is 251 Å². The zero-order chi connectivity index (χ0) is 30.1. The summed E-state index contributed by atoms with van der Waals surface area (Å²) < 4.78 is 35.3. The fourth-order valence-electron chi connectivity index (χ4n) is 5.94. The second kappa shape index (κ2) is 10.2. The number of imidazole rings is 1. The van der Waals surface area contributed by atoms with E-state index in [1.807, 2.05) is 33.8 Å². The summed E-state index contributed by atoms with van der Waals surface area (Å²) in [7, 11) is 0. The number of pyridine rings is 1. The third-order valence-corrected chi connectivity index (χ3v) is 8.34. The molecule has 42 heavy (non-hydrogen) atoms. The molecule has 1 aromatic carbocycles. The van der Waals surface area contributed by atoms with Crippen LogP contribution in [0.4, 0.5) is 9.18 Å². The SMILES string of the molecule is Cc1nc(Br)cc(C(O)(c2cc(-c3c(C)noc3C)cc3c2nc(C2CC2)n3C(=O)OC(C)(C)C)C2CCCO2)c1F. The molecular formula is C31H34BrFN4O5. The molecule has 1 saturated carbocycles. The molecule has 11 heteroatoms. The van der Waals surface area contributed by atoms with Gasteiger partial charge in [0.2, 0.25) is 0 Å². The Hall–Kier alpha value is -3.15. The number of fused-ring (bicyclic) bond motifs is 1. The van der Waals surface area contributed by atoms with E-state index in [2.05, 4.69) is 26.1 Å². The van der Waals surface area contributed by atoms with Gasteiger partial charge in [0.15, 0.2) is 5.82 Å². The van der Waals surface area contributed by atoms with Gasteiger partial charge in [0.25, 0.3) is 0 Å². The lowest BCUT2D eigenvalue weighted by molar-refractivity contribution is -0.0631. The van der Waals surface area contributed by atoms with Crippen LogP contribution in [-0.2, 0) is 15.1 Å². The summed E-state index contributed by atoms with van der Waals surface area (Å²) >= 11 is 3.39. The Bertz CT molecular complexity index is 1700. The van der Waals surface area contributed by atoms with Crippen molar-refractivity contribution in [2.24, 2.45) is 0 Å². The van der Waals surface area contributed by atoms with E-state index in [4.69, 9.17) is 19.0 Å². The van der Waals surface area contributed by atoms with E-state index in [1.54, 1.807) is 19.9 Å². The van der Waals surface area contributed by atoms with Crippen molar-refractivity contribution in [1.29, 1.82) is 0 Å². The first-order chi connectivity index (χ1) is 19.8. The van der Waals surface area contributed by atoms with Crippen LogP contribution in [0.5, 0.6) is 0 Å². The molecule has 4 aromatic rings. The Kier molecular flexibility index (Phi) is 7.06. The normalized spacial score (nSPS) is 18.9. The summed E-state index contributed by atoms with van der Waals surface area (Å²) in [6.45, 7) is 11.0. The van der Waals surface area contributed by atoms with Crippen molar-refractivity contribution in [1.82, 2.24) is 19.7 Å². The van der Waals surface area contributed by atoms with E-state index in [0.29, 0.717) is 69.1 Å². The maximum absolute atomic E-state index is 16.0. The lowest BCUT2D eigenvalue weighted by atomic mass is 9.78. The Morgan fingerprint density at radius 1 is 1.10 bits per heavy atom. The van der Waals surface area contributed by atoms with Gasteiger partial charge in [-0.15, -0.1) is 0 Å². The highest BCUT2D eigenvalue weighted by atomic mass is 79.9. The number of benzene rings is 1. The summed E-state index contributed by atoms with van der Waals surface area (Å²) in [6.07, 6.45) is 1.60. The van der Waals surface area contributed by atoms with E-state index in [0.717, 1.165) is 12.8 Å². The molecule has 2 unspecified atom stereocenters. The third-order valence-electron chi connectivity index (χ3n) is 7.94. The highest BCUT2D eigenvalue weighted by molar-refractivity contribution is 9.10. The van der Waals surface area contributed by atoms with E-state index >= 15 is 4.39 Å². The second-order valence-electron chi connectivity index (χ2n) is 12.3. The summed E-state index contributed by atoms with van der Waals surface area (Å²) in [5, 5.41) is 17.0. The standard InChI is InChI=1S/C31H34BrFN4O5/c1-15-25(17(3)42-36-15)19-12-21(31(39,23-8-7-11-40-23)20-14-24(32)34-16(2)26(20)33)27-22(13-19)37(28(35-27)18-9-10-18)29(38)41-30(4,5)6/h12-14,18,23,39H,7-11H2,1-6H3. The monoisotopic (exact) mass is 640 g/mol. The summed E-state index contributed by atoms with van der Waals surface area (Å²) in [4.78, 5) is 23.0. The minimum absolute atomic E-state index is 0.0192. The van der Waals surface area contributed by atoms with Crippen molar-refractivity contribution in [3.8, 4) is 11.1 Å². The number of halogens is 2. The number of rotatable bonds is 5. The number of aromatic nitrogens is 4. The average molecular weight is 642 g/mol. The first-order valence-electron chi connectivity index (χ1n) is 14.2. The van der Waals surface area contributed by atoms with Crippen LogP contribution in [0.25, 0.3) is 22.2 Å². The van der Waals surface area contributed by atoms with Crippen LogP contribution in [0.3, 0.4) is 0 Å². The molecule has 2 fully saturated rings. The molecule has 1 saturated heterocycles. The van der Waals surface area contributed by atoms with Crippen molar-refractivity contribution < 1.29 is 28.3 Å². The van der Waals surface area contributed by atoms with E-state index in [9.17, 15) is 9.90 Å². The maximum Gasteiger partial charge on any atom is 0.420 e. The molecule has 4 heterocycles. The number of nitrogens with zero attached hydrogens (tertiary/aromatic N) is 4. The topological polar surface area (TPSA) is 112 Å². The van der Waals surface area contributed by atoms with Crippen molar-refractivity contribution in [2.45, 2.75) is 90.4 Å². The number of ether oxygens (including phenoxy) is 2. The zero-order valence-electron chi connectivity index (χ0n) is 24.5. The van der Waals surface area contributed by atoms with Crippen LogP contribution in [0.1, 0.15) is 86.5 Å². The molecule has 1 aliphatic carbocycles. The molecule has 0 spiro atoms. The maximum atomic E-state index is 16.0. The molecule has 6 rings (SSSR count). The van der Waals surface area contributed by atoms with Crippen LogP contribution in [0.2, 0.25) is 0 Å². The van der Waals surface area contributed by atoms with Gasteiger partial charge < -0.3 is 19.1 Å². The second-order valence-corrected chi connectivity index (χ2v) is 13.1. The quantitative estimate of drug-likeness (QED) is 0.232. The van der Waals surface area contributed by atoms with Crippen molar-refractivity contribution in [3.05, 3.63) is 62.7 Å². The van der Waals surface area contributed by atoms with E-state index in [1.165, 1.54) is 10.6 Å². The molecule has 1 N–H and O–H groups in total. The first-order valence-corrected chi connectivity index (χ1v) is 15.0. The first kappa shape index (κ1) is 28.9. The fraction of sp³-hybridized carbons (Fsp3) is 0.484. The van der Waals surface area contributed by atoms with Crippen molar-refractivity contribution in [2.75, 3.05) is 6.61 Å². The van der Waals surface area contributed by atoms with Gasteiger partial charge in [-0.05, 0) is 107 Å². The fourth-order valence-corrected chi connectivity index (χ4v) is 6.43. The summed E-state index contributed by atoms with van der Waals surface area (Å²) in [6, 6.07) is 5.13. The largest absolute Gasteiger partial charge is 0.443 e. The number of hydrogen-bond donors (Lipinski definition) is 1. The summed E-state index contributed by atoms with van der Waals surface area (Å²) in [5.74, 6) is 0.544. The molecule has 222 valence electrons. The Balaban J connectivity index is 1.73. The van der Waals surface area contributed by atoms with Gasteiger partial charge in [-0.3, -0.25) is 0 Å². The van der Waals surface area contributed by atoms with Crippen LogP contribution >= 0.6 is 15.9 Å². The van der Waals surface area contributed by atoms with E-state index in [-0.39, 0.29) is 17.2 Å². The number of carbonyl (C=O) groups excluding carboxylic acids is 1. The lowest BCUT2D eigenvalue weighted by Gasteiger charge is -2.35. The predicted octanol–water partition coefficient (Wildman–Crippen LogP) is 6.99. The van der Waals surface area contributed by atoms with Gasteiger partial charge in [0.05, 0.1) is 28.5 Å². The van der Waals surface area contributed by atoms with Gasteiger partial charge >= 0.3 is 6.09 Å². The molecule has 0 amide bonds. The van der Waals surface area contributed by atoms with Gasteiger partial charge in [0, 0.05) is 29.2 Å². The Morgan fingerprint density at radius 3 is 2.43 bits per heavy atom. The highest BCUT2D eigenvalue weighted by Gasteiger charge is 2.48. The highest BCUT2D eigenvalue weighted by Crippen LogP contribution is 2.48. The minimum atomic E-state index is -1.97. The molecule has 2 atom stereocenters. The zero-order valence-corrected chi connectivity index (χ0v) is 26.1. The third kappa shape index (κ3) is 4.85. The molecule has 0 radical (unpaired) electrons. The van der Waals surface area contributed by atoms with Crippen LogP contribution in [0, 0.1) is 26.6 Å². The van der Waals surface area contributed by atoms with Crippen molar-refractivity contribution in [3.63, 3.8) is 0 Å². The molecule has 9 nitrogen and oxygen atoms in total. The number of hydrogen-bond acceptors (Lipinski definition) is 8. The lowest BCUT2D eigenvalue weighted by Crippen LogP contribution is -2.41. The van der Waals surface area contributed by atoms with Crippen LogP contribution in [-0.4, -0.2) is 49.2 Å². The van der Waals surface area contributed by atoms with E-state index < -0.39 is 29.2 Å². The summed E-state index contributed by atoms with van der Waals surface area (Å²) in [5.41, 5.74) is 0.559. The molecular weight excluding hydrogens is 607 g/mol. The minimum Gasteiger partial charge on any atom is -0.443 e. The van der Waals surface area contributed by atoms with Gasteiger partial charge in [-0.25, -0.2) is 23.7 Å². The number of carbonyl (C=O) groups is 1. The average Bonchev–Trinajstić information content (AvgIpc) is 3.29. The molecule has 0 bridgehead atoms. The van der Waals surface area contributed by atoms with Crippen LogP contribution < -0.4 is 0 Å². The van der Waals surface area contributed by atoms with Gasteiger partial charge in [-0.1, -0.05) is 5.16 Å². The predicted molar refractivity (Wildman–Crippen MR) is 157 cm³/mol.